The van der Waals surface area contributed by atoms with Gasteiger partial charge >= 0.3 is 0 Å². The maximum atomic E-state index is 6.14. The molecule has 0 saturated carbocycles. The second-order valence-corrected chi connectivity index (χ2v) is 8.22. The molecule has 1 atom stereocenters. The molecule has 0 aromatic heterocycles. The summed E-state index contributed by atoms with van der Waals surface area (Å²) < 4.78 is 0. The van der Waals surface area contributed by atoms with Crippen molar-refractivity contribution in [2.24, 2.45) is 5.92 Å². The number of piperidine rings is 1. The Kier molecular flexibility index (Phi) is 6.43. The van der Waals surface area contributed by atoms with Crippen LogP contribution in [0.4, 0.5) is 5.69 Å². The van der Waals surface area contributed by atoms with E-state index < -0.39 is 0 Å². The molecule has 24 heavy (non-hydrogen) atoms. The molecule has 0 bridgehead atoms. The predicted octanol–water partition coefficient (Wildman–Crippen LogP) is 3.97. The molecule has 1 aromatic rings. The molecule has 0 radical (unpaired) electrons. The van der Waals surface area contributed by atoms with Crippen molar-refractivity contribution in [3.05, 3.63) is 29.3 Å². The highest BCUT2D eigenvalue weighted by molar-refractivity contribution is 6.30. The van der Waals surface area contributed by atoms with E-state index in [0.29, 0.717) is 0 Å². The molecule has 134 valence electrons. The molecule has 0 N–H and O–H groups in total. The maximum absolute atomic E-state index is 6.14. The van der Waals surface area contributed by atoms with Crippen molar-refractivity contribution >= 4 is 17.3 Å². The summed E-state index contributed by atoms with van der Waals surface area (Å²) in [5.74, 6) is 0.812. The average Bonchev–Trinajstić information content (AvgIpc) is 2.60. The highest BCUT2D eigenvalue weighted by atomic mass is 35.5. The van der Waals surface area contributed by atoms with E-state index in [-0.39, 0.29) is 0 Å². The number of benzene rings is 1. The summed E-state index contributed by atoms with van der Waals surface area (Å²) >= 11 is 6.14. The van der Waals surface area contributed by atoms with Gasteiger partial charge in [0.1, 0.15) is 0 Å². The van der Waals surface area contributed by atoms with Crippen molar-refractivity contribution in [3.8, 4) is 0 Å². The second kappa shape index (κ2) is 8.55. The van der Waals surface area contributed by atoms with Crippen molar-refractivity contribution in [1.29, 1.82) is 0 Å². The first-order chi connectivity index (χ1) is 11.6. The third-order valence-corrected chi connectivity index (χ3v) is 5.74. The smallest absolute Gasteiger partial charge is 0.0426 e. The number of piperazine rings is 1. The topological polar surface area (TPSA) is 9.72 Å². The van der Waals surface area contributed by atoms with Crippen molar-refractivity contribution in [2.75, 3.05) is 50.7 Å². The summed E-state index contributed by atoms with van der Waals surface area (Å²) in [6.07, 6.45) is 4.06. The van der Waals surface area contributed by atoms with Gasteiger partial charge in [0.25, 0.3) is 0 Å². The molecule has 2 fully saturated rings. The lowest BCUT2D eigenvalue weighted by Crippen LogP contribution is -2.55. The van der Waals surface area contributed by atoms with Gasteiger partial charge in [-0.1, -0.05) is 31.5 Å². The molecule has 0 aliphatic carbocycles. The lowest BCUT2D eigenvalue weighted by molar-refractivity contribution is 0.0900. The van der Waals surface area contributed by atoms with Crippen LogP contribution in [0.25, 0.3) is 0 Å². The highest BCUT2D eigenvalue weighted by Crippen LogP contribution is 2.23. The van der Waals surface area contributed by atoms with Gasteiger partial charge in [-0.2, -0.15) is 0 Å². The fraction of sp³-hybridized carbons (Fsp3) is 0.700. The minimum absolute atomic E-state index is 0.757. The third-order valence-electron chi connectivity index (χ3n) is 5.51. The van der Waals surface area contributed by atoms with Gasteiger partial charge in [-0.05, 0) is 56.5 Å². The molecular weight excluding hydrogens is 318 g/mol. The molecule has 2 aliphatic heterocycles. The van der Waals surface area contributed by atoms with E-state index in [1.807, 2.05) is 6.07 Å². The quantitative estimate of drug-likeness (QED) is 0.796. The molecule has 0 unspecified atom stereocenters. The van der Waals surface area contributed by atoms with E-state index >= 15 is 0 Å². The van der Waals surface area contributed by atoms with Gasteiger partial charge in [-0.15, -0.1) is 0 Å². The fourth-order valence-electron chi connectivity index (χ4n) is 3.99. The lowest BCUT2D eigenvalue weighted by atomic mass is 10.0. The number of nitrogens with zero attached hydrogens (tertiary/aromatic N) is 3. The van der Waals surface area contributed by atoms with Gasteiger partial charge in [0, 0.05) is 49.5 Å². The van der Waals surface area contributed by atoms with Gasteiger partial charge in [-0.3, -0.25) is 4.90 Å². The van der Waals surface area contributed by atoms with Crippen molar-refractivity contribution in [2.45, 2.75) is 39.2 Å². The Morgan fingerprint density at radius 3 is 2.62 bits per heavy atom. The van der Waals surface area contributed by atoms with E-state index in [9.17, 15) is 0 Å². The van der Waals surface area contributed by atoms with Crippen molar-refractivity contribution in [1.82, 2.24) is 9.80 Å². The number of likely N-dealkylation sites (tertiary alicyclic amines) is 1. The molecule has 2 aliphatic rings. The molecule has 2 saturated heterocycles. The van der Waals surface area contributed by atoms with E-state index in [4.69, 9.17) is 11.6 Å². The Bertz CT molecular complexity index is 511. The second-order valence-electron chi connectivity index (χ2n) is 7.78. The summed E-state index contributed by atoms with van der Waals surface area (Å²) in [7, 11) is 0. The van der Waals surface area contributed by atoms with Gasteiger partial charge in [0.15, 0.2) is 0 Å². The van der Waals surface area contributed by atoms with Gasteiger partial charge in [0.2, 0.25) is 0 Å². The zero-order chi connectivity index (χ0) is 16.9. The van der Waals surface area contributed by atoms with Crippen LogP contribution >= 0.6 is 11.6 Å². The normalized spacial score (nSPS) is 23.8. The third kappa shape index (κ3) is 4.87. The van der Waals surface area contributed by atoms with Crippen LogP contribution < -0.4 is 4.90 Å². The van der Waals surface area contributed by atoms with Gasteiger partial charge < -0.3 is 9.80 Å². The monoisotopic (exact) mass is 349 g/mol. The summed E-state index contributed by atoms with van der Waals surface area (Å²) in [4.78, 5) is 7.89. The largest absolute Gasteiger partial charge is 0.369 e. The Labute approximate surface area is 152 Å². The van der Waals surface area contributed by atoms with Gasteiger partial charge in [0.05, 0.1) is 0 Å². The van der Waals surface area contributed by atoms with Crippen LogP contribution in [0.15, 0.2) is 24.3 Å². The molecular formula is C20H32ClN3. The summed E-state index contributed by atoms with van der Waals surface area (Å²) in [6.45, 7) is 13.1. The first kappa shape index (κ1) is 18.0. The van der Waals surface area contributed by atoms with E-state index in [1.54, 1.807) is 0 Å². The van der Waals surface area contributed by atoms with Crippen LogP contribution in [0, 0.1) is 5.92 Å². The minimum Gasteiger partial charge on any atom is -0.369 e. The number of halogens is 1. The molecule has 1 aromatic carbocycles. The number of hydrogen-bond acceptors (Lipinski definition) is 3. The van der Waals surface area contributed by atoms with Crippen LogP contribution in [-0.2, 0) is 0 Å². The van der Waals surface area contributed by atoms with Crippen LogP contribution in [0.5, 0.6) is 0 Å². The zero-order valence-corrected chi connectivity index (χ0v) is 16.0. The molecule has 0 spiro atoms. The summed E-state index contributed by atoms with van der Waals surface area (Å²) in [5.41, 5.74) is 1.27. The van der Waals surface area contributed by atoms with Crippen LogP contribution in [0.2, 0.25) is 5.02 Å². The van der Waals surface area contributed by atoms with E-state index in [0.717, 1.165) is 30.1 Å². The molecule has 3 rings (SSSR count). The standard InChI is InChI=1S/C20H32ClN3/c1-17(2)8-10-22-9-4-7-20(16-22)24-13-11-23(12-14-24)19-6-3-5-18(21)15-19/h3,5-6,15,17,20H,4,7-14,16H2,1-2H3/t20-/m0/s1. The van der Waals surface area contributed by atoms with Crippen LogP contribution in [0.1, 0.15) is 33.1 Å². The zero-order valence-electron chi connectivity index (χ0n) is 15.3. The number of anilines is 1. The average molecular weight is 350 g/mol. The minimum atomic E-state index is 0.757. The molecule has 4 heteroatoms. The first-order valence-corrected chi connectivity index (χ1v) is 9.96. The van der Waals surface area contributed by atoms with E-state index in [1.165, 1.54) is 57.7 Å². The molecule has 0 amide bonds. The number of rotatable bonds is 5. The predicted molar refractivity (Wildman–Crippen MR) is 104 cm³/mol. The highest BCUT2D eigenvalue weighted by Gasteiger charge is 2.28. The summed E-state index contributed by atoms with van der Waals surface area (Å²) in [5, 5.41) is 0.836. The fourth-order valence-corrected chi connectivity index (χ4v) is 4.18. The maximum Gasteiger partial charge on any atom is 0.0426 e. The lowest BCUT2D eigenvalue weighted by Gasteiger charge is -2.44. The van der Waals surface area contributed by atoms with Crippen LogP contribution in [-0.4, -0.2) is 61.7 Å². The van der Waals surface area contributed by atoms with Crippen molar-refractivity contribution in [3.63, 3.8) is 0 Å². The Hall–Kier alpha value is -0.770. The van der Waals surface area contributed by atoms with Crippen molar-refractivity contribution < 1.29 is 0 Å². The Balaban J connectivity index is 1.49. The summed E-state index contributed by atoms with van der Waals surface area (Å²) in [6, 6.07) is 9.03. The molecule has 2 heterocycles. The Morgan fingerprint density at radius 1 is 1.12 bits per heavy atom. The first-order valence-electron chi connectivity index (χ1n) is 9.59. The Morgan fingerprint density at radius 2 is 1.92 bits per heavy atom. The van der Waals surface area contributed by atoms with Crippen LogP contribution in [0.3, 0.4) is 0 Å². The van der Waals surface area contributed by atoms with Gasteiger partial charge in [-0.25, -0.2) is 0 Å². The van der Waals surface area contributed by atoms with E-state index in [2.05, 4.69) is 46.7 Å². The molecule has 3 nitrogen and oxygen atoms in total. The number of hydrogen-bond donors (Lipinski definition) is 0. The SMILES string of the molecule is CC(C)CCN1CCC[C@H](N2CCN(c3cccc(Cl)c3)CC2)C1.